The van der Waals surface area contributed by atoms with E-state index in [0.29, 0.717) is 39.0 Å². The lowest BCUT2D eigenvalue weighted by atomic mass is 9.71. The quantitative estimate of drug-likeness (QED) is 0.571. The topological polar surface area (TPSA) is 84.9 Å². The molecule has 3 saturated heterocycles. The number of aliphatic hydroxyl groups is 1. The van der Waals surface area contributed by atoms with Gasteiger partial charge in [0.05, 0.1) is 18.1 Å². The van der Waals surface area contributed by atoms with Crippen molar-refractivity contribution in [1.29, 1.82) is 0 Å². The molecule has 0 saturated carbocycles. The first-order chi connectivity index (χ1) is 10.6. The van der Waals surface area contributed by atoms with E-state index in [0.717, 1.165) is 32.6 Å². The summed E-state index contributed by atoms with van der Waals surface area (Å²) in [5, 5.41) is 16.5. The largest absolute Gasteiger partial charge is 0.392 e. The van der Waals surface area contributed by atoms with Gasteiger partial charge in [-0.3, -0.25) is 14.5 Å². The molecule has 0 aliphatic carbocycles. The highest BCUT2D eigenvalue weighted by atomic mass is 16.3. The Hall–Kier alpha value is -1.18. The number of rotatable bonds is 2. The fraction of sp³-hybridized carbons (Fsp3) is 0.867. The van der Waals surface area contributed by atoms with Gasteiger partial charge < -0.3 is 20.6 Å². The van der Waals surface area contributed by atoms with E-state index in [2.05, 4.69) is 10.6 Å². The Bertz CT molecular complexity index is 439. The minimum Gasteiger partial charge on any atom is -0.392 e. The summed E-state index contributed by atoms with van der Waals surface area (Å²) in [4.78, 5) is 28.6. The van der Waals surface area contributed by atoms with Crippen LogP contribution in [0.4, 0.5) is 0 Å². The number of carbonyl (C=O) groups excluding carboxylic acids is 2. The van der Waals surface area contributed by atoms with Crippen molar-refractivity contribution in [1.82, 2.24) is 20.4 Å². The zero-order valence-corrected chi connectivity index (χ0v) is 13.0. The number of nitrogens with one attached hydrogen (secondary N) is 2. The summed E-state index contributed by atoms with van der Waals surface area (Å²) in [5.74, 6) is 0.0785. The first-order valence-electron chi connectivity index (χ1n) is 8.29. The monoisotopic (exact) mass is 310 g/mol. The van der Waals surface area contributed by atoms with Crippen LogP contribution in [0.5, 0.6) is 0 Å². The lowest BCUT2D eigenvalue weighted by Crippen LogP contribution is -2.62. The van der Waals surface area contributed by atoms with Crippen molar-refractivity contribution < 1.29 is 14.7 Å². The molecule has 0 aromatic rings. The maximum absolute atomic E-state index is 12.4. The minimum absolute atomic E-state index is 0.0504. The van der Waals surface area contributed by atoms with Gasteiger partial charge in [-0.2, -0.15) is 0 Å². The molecule has 3 aliphatic rings. The SMILES string of the molecule is O=C(CN1CC[C@@H](O)[C@@]2(CCCNC2=O)C1)N1CCNCC1. The summed E-state index contributed by atoms with van der Waals surface area (Å²) < 4.78 is 0. The van der Waals surface area contributed by atoms with Gasteiger partial charge in [0.25, 0.3) is 0 Å². The van der Waals surface area contributed by atoms with E-state index < -0.39 is 11.5 Å². The molecule has 0 aromatic heterocycles. The molecular formula is C15H26N4O3. The molecule has 0 bridgehead atoms. The summed E-state index contributed by atoms with van der Waals surface area (Å²) in [5.41, 5.74) is -0.722. The third kappa shape index (κ3) is 2.98. The lowest BCUT2D eigenvalue weighted by Gasteiger charge is -2.47. The number of likely N-dealkylation sites (tertiary alicyclic amines) is 1. The molecule has 22 heavy (non-hydrogen) atoms. The van der Waals surface area contributed by atoms with Crippen molar-refractivity contribution >= 4 is 11.8 Å². The van der Waals surface area contributed by atoms with Crippen LogP contribution < -0.4 is 10.6 Å². The van der Waals surface area contributed by atoms with Gasteiger partial charge in [-0.1, -0.05) is 0 Å². The number of piperazine rings is 1. The van der Waals surface area contributed by atoms with Crippen LogP contribution >= 0.6 is 0 Å². The van der Waals surface area contributed by atoms with Gasteiger partial charge in [-0.25, -0.2) is 0 Å². The molecule has 3 rings (SSSR count). The highest BCUT2D eigenvalue weighted by molar-refractivity contribution is 5.84. The van der Waals surface area contributed by atoms with Crippen molar-refractivity contribution in [2.75, 3.05) is 52.4 Å². The second-order valence-electron chi connectivity index (χ2n) is 6.66. The molecule has 7 heteroatoms. The molecule has 7 nitrogen and oxygen atoms in total. The van der Waals surface area contributed by atoms with Gasteiger partial charge in [-0.15, -0.1) is 0 Å². The van der Waals surface area contributed by atoms with E-state index in [4.69, 9.17) is 0 Å². The molecule has 3 N–H and O–H groups in total. The maximum Gasteiger partial charge on any atom is 0.236 e. The Labute approximate surface area is 131 Å². The van der Waals surface area contributed by atoms with E-state index in [9.17, 15) is 14.7 Å². The van der Waals surface area contributed by atoms with Crippen LogP contribution in [0.2, 0.25) is 0 Å². The van der Waals surface area contributed by atoms with E-state index in [1.807, 2.05) is 9.80 Å². The van der Waals surface area contributed by atoms with Gasteiger partial charge in [0.1, 0.15) is 0 Å². The molecule has 0 radical (unpaired) electrons. The van der Waals surface area contributed by atoms with Crippen LogP contribution in [0.15, 0.2) is 0 Å². The Kier molecular flexibility index (Phi) is 4.65. The second kappa shape index (κ2) is 6.52. The van der Waals surface area contributed by atoms with Gasteiger partial charge >= 0.3 is 0 Å². The molecule has 2 atom stereocenters. The number of amides is 2. The highest BCUT2D eigenvalue weighted by Crippen LogP contribution is 2.37. The van der Waals surface area contributed by atoms with E-state index in [-0.39, 0.29) is 11.8 Å². The standard InChI is InChI=1S/C15H26N4O3/c20-12-2-7-18(10-13(21)19-8-5-16-6-9-19)11-15(12)3-1-4-17-14(15)22/h12,16,20H,1-11H2,(H,17,22)/t12-,15-/m1/s1. The van der Waals surface area contributed by atoms with Crippen LogP contribution in [0, 0.1) is 5.41 Å². The predicted octanol–water partition coefficient (Wildman–Crippen LogP) is -1.62. The zero-order chi connectivity index (χ0) is 15.6. The zero-order valence-electron chi connectivity index (χ0n) is 13.0. The molecule has 0 aromatic carbocycles. The molecule has 0 unspecified atom stereocenters. The second-order valence-corrected chi connectivity index (χ2v) is 6.66. The summed E-state index contributed by atoms with van der Waals surface area (Å²) in [7, 11) is 0. The summed E-state index contributed by atoms with van der Waals surface area (Å²) in [6.45, 7) is 5.38. The number of hydrogen-bond acceptors (Lipinski definition) is 5. The number of nitrogens with zero attached hydrogens (tertiary/aromatic N) is 2. The summed E-state index contributed by atoms with van der Waals surface area (Å²) in [6, 6.07) is 0. The third-order valence-electron chi connectivity index (χ3n) is 5.23. The molecule has 124 valence electrons. The lowest BCUT2D eigenvalue weighted by molar-refractivity contribution is -0.151. The van der Waals surface area contributed by atoms with Crippen molar-refractivity contribution in [3.8, 4) is 0 Å². The third-order valence-corrected chi connectivity index (χ3v) is 5.23. The first-order valence-corrected chi connectivity index (χ1v) is 8.29. The van der Waals surface area contributed by atoms with Crippen LogP contribution in [0.1, 0.15) is 19.3 Å². The van der Waals surface area contributed by atoms with Gasteiger partial charge in [-0.05, 0) is 19.3 Å². The Morgan fingerprint density at radius 2 is 2.05 bits per heavy atom. The minimum atomic E-state index is -0.722. The maximum atomic E-state index is 12.4. The van der Waals surface area contributed by atoms with Gasteiger partial charge in [0, 0.05) is 45.8 Å². The number of piperidine rings is 2. The average Bonchev–Trinajstić information content (AvgIpc) is 2.54. The van der Waals surface area contributed by atoms with Crippen LogP contribution in [-0.4, -0.2) is 85.2 Å². The normalized spacial score (nSPS) is 33.8. The number of hydrogen-bond donors (Lipinski definition) is 3. The molecule has 3 aliphatic heterocycles. The molecular weight excluding hydrogens is 284 g/mol. The van der Waals surface area contributed by atoms with Crippen molar-refractivity contribution in [3.05, 3.63) is 0 Å². The molecule has 3 fully saturated rings. The number of carbonyl (C=O) groups is 2. The fourth-order valence-electron chi connectivity index (χ4n) is 3.87. The summed E-state index contributed by atoms with van der Waals surface area (Å²) in [6.07, 6.45) is 1.56. The van der Waals surface area contributed by atoms with E-state index in [1.54, 1.807) is 0 Å². The Morgan fingerprint density at radius 1 is 1.27 bits per heavy atom. The average molecular weight is 310 g/mol. The number of aliphatic hydroxyl groups excluding tert-OH is 1. The molecule has 2 amide bonds. The van der Waals surface area contributed by atoms with E-state index >= 15 is 0 Å². The van der Waals surface area contributed by atoms with Crippen LogP contribution in [0.25, 0.3) is 0 Å². The van der Waals surface area contributed by atoms with Crippen molar-refractivity contribution in [3.63, 3.8) is 0 Å². The first kappa shape index (κ1) is 15.7. The Balaban J connectivity index is 1.62. The fourth-order valence-corrected chi connectivity index (χ4v) is 3.87. The smallest absolute Gasteiger partial charge is 0.236 e. The summed E-state index contributed by atoms with van der Waals surface area (Å²) >= 11 is 0. The molecule has 3 heterocycles. The van der Waals surface area contributed by atoms with Crippen LogP contribution in [0.3, 0.4) is 0 Å². The van der Waals surface area contributed by atoms with Crippen LogP contribution in [-0.2, 0) is 9.59 Å². The van der Waals surface area contributed by atoms with Crippen molar-refractivity contribution in [2.24, 2.45) is 5.41 Å². The van der Waals surface area contributed by atoms with Gasteiger partial charge in [0.2, 0.25) is 11.8 Å². The van der Waals surface area contributed by atoms with Gasteiger partial charge in [0.15, 0.2) is 0 Å². The van der Waals surface area contributed by atoms with Crippen molar-refractivity contribution in [2.45, 2.75) is 25.4 Å². The van der Waals surface area contributed by atoms with E-state index in [1.165, 1.54) is 0 Å². The molecule has 1 spiro atoms. The highest BCUT2D eigenvalue weighted by Gasteiger charge is 2.49. The predicted molar refractivity (Wildman–Crippen MR) is 81.2 cm³/mol. The Morgan fingerprint density at radius 3 is 2.77 bits per heavy atom.